The zero-order valence-corrected chi connectivity index (χ0v) is 46.4. The smallest absolute Gasteiger partial charge is 0.306 e. The Morgan fingerprint density at radius 3 is 1.41 bits per heavy atom. The number of hydrogen-bond acceptors (Lipinski definition) is 7. The molecule has 0 heterocycles. The van der Waals surface area contributed by atoms with Gasteiger partial charge in [0.25, 0.3) is 7.82 Å². The van der Waals surface area contributed by atoms with Gasteiger partial charge in [-0.3, -0.25) is 14.2 Å². The van der Waals surface area contributed by atoms with Gasteiger partial charge in [-0.1, -0.05) is 203 Å². The van der Waals surface area contributed by atoms with Crippen LogP contribution in [-0.4, -0.2) is 69.4 Å². The highest BCUT2D eigenvalue weighted by atomic mass is 31.2. The number of hydrogen-bond donors (Lipinski definition) is 1. The van der Waals surface area contributed by atoms with Gasteiger partial charge in [0.15, 0.2) is 0 Å². The Bertz CT molecular complexity index is 1420. The molecule has 69 heavy (non-hydrogen) atoms. The molecule has 10 heteroatoms. The standard InChI is InChI=1S/C59H107N2O7P/c1-7-10-13-16-19-22-25-27-29-30-32-34-37-40-43-46-49-52-59(63)68-57(50-47-44-41-38-35-24-21-18-15-12-9-3)56(55-67-69(64,65)66-54-53-61(4,5)6)60-58(62)51-48-45-42-39-36-33-31-28-26-23-20-17-14-11-8-2/h19,22-23,26-27,29,32,34,40,43,47,50,56-57H,7-18,20-21,24-25,28,30-31,33,35-39,41-42,44-46,48-49,51-55H2,1-6H3,(H-,60,62,64,65)/b22-19-,26-23-,29-27-,34-32-,43-40-,50-47+. The van der Waals surface area contributed by atoms with Crippen molar-refractivity contribution < 1.29 is 37.3 Å². The Hall–Kier alpha value is -2.55. The van der Waals surface area contributed by atoms with Gasteiger partial charge in [-0.15, -0.1) is 0 Å². The highest BCUT2D eigenvalue weighted by molar-refractivity contribution is 7.45. The SMILES string of the molecule is CCCCC/C=C\C/C=C\C/C=C\C/C=C\CCCC(=O)OC(/C=C/CCCCCCCCCCC)C(COP(=O)([O-])OCC[N+](C)(C)C)NC(=O)CCCCCCCCC/C=C\CCCCCC. The first-order chi connectivity index (χ1) is 33.4. The molecule has 0 bridgehead atoms. The number of carbonyl (C=O) groups excluding carboxylic acids is 2. The van der Waals surface area contributed by atoms with Gasteiger partial charge in [0.1, 0.15) is 19.3 Å². The van der Waals surface area contributed by atoms with E-state index in [-0.39, 0.29) is 18.9 Å². The van der Waals surface area contributed by atoms with Gasteiger partial charge in [0.05, 0.1) is 33.8 Å². The van der Waals surface area contributed by atoms with E-state index in [4.69, 9.17) is 13.8 Å². The number of nitrogens with zero attached hydrogens (tertiary/aromatic N) is 1. The highest BCUT2D eigenvalue weighted by Gasteiger charge is 2.27. The third kappa shape index (κ3) is 50.2. The number of ether oxygens (including phenoxy) is 1. The van der Waals surface area contributed by atoms with Gasteiger partial charge in [-0.25, -0.2) is 0 Å². The summed E-state index contributed by atoms with van der Waals surface area (Å²) in [7, 11) is 1.15. The van der Waals surface area contributed by atoms with E-state index in [1.807, 2.05) is 27.2 Å². The number of amides is 1. The molecule has 0 aromatic heterocycles. The Morgan fingerprint density at radius 2 is 0.899 bits per heavy atom. The molecule has 3 atom stereocenters. The van der Waals surface area contributed by atoms with Crippen LogP contribution >= 0.6 is 7.82 Å². The summed E-state index contributed by atoms with van der Waals surface area (Å²) in [5.41, 5.74) is 0. The lowest BCUT2D eigenvalue weighted by Crippen LogP contribution is -2.47. The van der Waals surface area contributed by atoms with E-state index in [0.29, 0.717) is 23.9 Å². The number of quaternary nitrogens is 1. The van der Waals surface area contributed by atoms with Crippen molar-refractivity contribution in [1.82, 2.24) is 5.32 Å². The normalized spacial score (nSPS) is 14.4. The van der Waals surface area contributed by atoms with Crippen molar-refractivity contribution in [1.29, 1.82) is 0 Å². The maximum Gasteiger partial charge on any atom is 0.306 e. The fraction of sp³-hybridized carbons (Fsp3) is 0.763. The molecule has 0 saturated carbocycles. The summed E-state index contributed by atoms with van der Waals surface area (Å²) in [5.74, 6) is -0.614. The minimum Gasteiger partial charge on any atom is -0.756 e. The van der Waals surface area contributed by atoms with E-state index in [0.717, 1.165) is 77.0 Å². The van der Waals surface area contributed by atoms with E-state index in [1.165, 1.54) is 122 Å². The van der Waals surface area contributed by atoms with E-state index >= 15 is 0 Å². The Balaban J connectivity index is 5.44. The van der Waals surface area contributed by atoms with Crippen LogP contribution in [0.1, 0.15) is 239 Å². The fourth-order valence-corrected chi connectivity index (χ4v) is 8.41. The van der Waals surface area contributed by atoms with E-state index in [9.17, 15) is 19.0 Å². The van der Waals surface area contributed by atoms with Crippen molar-refractivity contribution in [2.45, 2.75) is 251 Å². The number of phosphoric acid groups is 1. The van der Waals surface area contributed by atoms with Crippen LogP contribution in [0.25, 0.3) is 0 Å². The second-order valence-corrected chi connectivity index (χ2v) is 21.5. The van der Waals surface area contributed by atoms with Crippen molar-refractivity contribution in [2.24, 2.45) is 0 Å². The number of phosphoric ester groups is 1. The summed E-state index contributed by atoms with van der Waals surface area (Å²) in [5, 5.41) is 3.00. The molecule has 1 N–H and O–H groups in total. The molecule has 0 aliphatic carbocycles. The maximum absolute atomic E-state index is 13.5. The quantitative estimate of drug-likeness (QED) is 0.0212. The molecule has 0 rings (SSSR count). The number of allylic oxidation sites excluding steroid dienone is 11. The molecule has 0 aromatic carbocycles. The predicted octanol–water partition coefficient (Wildman–Crippen LogP) is 16.3. The van der Waals surface area contributed by atoms with Crippen LogP contribution in [0.3, 0.4) is 0 Å². The molecule has 0 aromatic rings. The minimum atomic E-state index is -4.71. The van der Waals surface area contributed by atoms with E-state index < -0.39 is 32.5 Å². The molecule has 400 valence electrons. The average Bonchev–Trinajstić information content (AvgIpc) is 3.31. The van der Waals surface area contributed by atoms with Gasteiger partial charge in [0.2, 0.25) is 5.91 Å². The summed E-state index contributed by atoms with van der Waals surface area (Å²) in [6.45, 7) is 6.74. The monoisotopic (exact) mass is 987 g/mol. The molecular formula is C59H107N2O7P. The van der Waals surface area contributed by atoms with Gasteiger partial charge >= 0.3 is 5.97 Å². The van der Waals surface area contributed by atoms with Crippen molar-refractivity contribution in [3.63, 3.8) is 0 Å². The summed E-state index contributed by atoms with van der Waals surface area (Å²) in [4.78, 5) is 39.8. The summed E-state index contributed by atoms with van der Waals surface area (Å²) in [6, 6.07) is -0.913. The molecule has 9 nitrogen and oxygen atoms in total. The van der Waals surface area contributed by atoms with Crippen molar-refractivity contribution in [2.75, 3.05) is 40.9 Å². The first-order valence-corrected chi connectivity index (χ1v) is 29.7. The molecule has 0 saturated heterocycles. The third-order valence-electron chi connectivity index (χ3n) is 12.1. The molecule has 0 fully saturated rings. The number of carbonyl (C=O) groups is 2. The van der Waals surface area contributed by atoms with Gasteiger partial charge in [-0.2, -0.15) is 0 Å². The Labute approximate surface area is 425 Å². The van der Waals surface area contributed by atoms with Crippen LogP contribution in [-0.2, 0) is 27.9 Å². The van der Waals surface area contributed by atoms with Crippen molar-refractivity contribution in [3.05, 3.63) is 72.9 Å². The number of unbranched alkanes of at least 4 members (excludes halogenated alkanes) is 24. The van der Waals surface area contributed by atoms with Gasteiger partial charge < -0.3 is 28.5 Å². The first-order valence-electron chi connectivity index (χ1n) is 28.2. The predicted molar refractivity (Wildman–Crippen MR) is 293 cm³/mol. The number of esters is 1. The summed E-state index contributed by atoms with van der Waals surface area (Å²) >= 11 is 0. The molecule has 1 amide bonds. The lowest BCUT2D eigenvalue weighted by Gasteiger charge is -2.30. The third-order valence-corrected chi connectivity index (χ3v) is 13.1. The average molecular weight is 987 g/mol. The van der Waals surface area contributed by atoms with Crippen molar-refractivity contribution >= 4 is 19.7 Å². The summed E-state index contributed by atoms with van der Waals surface area (Å²) in [6.07, 6.45) is 61.5. The highest BCUT2D eigenvalue weighted by Crippen LogP contribution is 2.38. The first kappa shape index (κ1) is 66.5. The number of likely N-dealkylation sites (N-methyl/N-ethyl adjacent to an activating group) is 1. The zero-order valence-electron chi connectivity index (χ0n) is 45.5. The topological polar surface area (TPSA) is 114 Å². The lowest BCUT2D eigenvalue weighted by molar-refractivity contribution is -0.870. The second kappa shape index (κ2) is 49.0. The van der Waals surface area contributed by atoms with Crippen LogP contribution in [0.4, 0.5) is 0 Å². The molecule has 0 spiro atoms. The van der Waals surface area contributed by atoms with Gasteiger partial charge in [0, 0.05) is 12.8 Å². The Morgan fingerprint density at radius 1 is 0.507 bits per heavy atom. The zero-order chi connectivity index (χ0) is 50.8. The largest absolute Gasteiger partial charge is 0.756 e. The maximum atomic E-state index is 13.5. The van der Waals surface area contributed by atoms with E-state index in [2.05, 4.69) is 86.8 Å². The minimum absolute atomic E-state index is 0.0337. The number of nitrogens with one attached hydrogen (secondary N) is 1. The van der Waals surface area contributed by atoms with Crippen molar-refractivity contribution in [3.8, 4) is 0 Å². The fourth-order valence-electron chi connectivity index (χ4n) is 7.68. The van der Waals surface area contributed by atoms with Crippen LogP contribution in [0.5, 0.6) is 0 Å². The molecule has 0 aliphatic heterocycles. The lowest BCUT2D eigenvalue weighted by atomic mass is 10.1. The molecule has 0 aliphatic rings. The van der Waals surface area contributed by atoms with Crippen LogP contribution in [0, 0.1) is 0 Å². The molecular weight excluding hydrogens is 880 g/mol. The van der Waals surface area contributed by atoms with Crippen LogP contribution in [0.15, 0.2) is 72.9 Å². The molecule has 0 radical (unpaired) electrons. The summed E-state index contributed by atoms with van der Waals surface area (Å²) < 4.78 is 30.1. The van der Waals surface area contributed by atoms with Gasteiger partial charge in [-0.05, 0) is 96.0 Å². The Kier molecular flexibility index (Phi) is 47.2. The second-order valence-electron chi connectivity index (χ2n) is 20.1. The number of rotatable bonds is 50. The van der Waals surface area contributed by atoms with E-state index in [1.54, 1.807) is 6.08 Å². The van der Waals surface area contributed by atoms with Crippen LogP contribution in [0.2, 0.25) is 0 Å². The molecule has 3 unspecified atom stereocenters. The van der Waals surface area contributed by atoms with Crippen LogP contribution < -0.4 is 10.2 Å².